The maximum absolute atomic E-state index is 14.8. The molecule has 3 fully saturated rings. The number of urea groups is 1. The highest BCUT2D eigenvalue weighted by Gasteiger charge is 2.49. The molecule has 2 aromatic carbocycles. The SMILES string of the molecule is CC[C@H](C)[C@@H]([C@@H](CC(=O)N1C[C@H](OC)C[C@H]1[C@H](OC)[C@@H](C)C(=O)N[C@H](C)C(NC(=O)OCc1ccc(NC(=O)[C@H](CCCNC(N)=O)NC(=O)[C@@H](NC(=O)CCCCCN2C(=O)CC(SCC3(CC(N)=O)CC3)C2=O)C(C)C)cc1)c1ccc(F)cc1)OC)N(C)C(=O)[C@@H](NC(=O)[C@H](C(C)C)N(C)C)C(C)C. The van der Waals surface area contributed by atoms with Crippen molar-refractivity contribution in [3.8, 4) is 0 Å². The van der Waals surface area contributed by atoms with Crippen LogP contribution in [-0.2, 0) is 73.5 Å². The third kappa shape index (κ3) is 26.7. The molecule has 598 valence electrons. The Morgan fingerprint density at radius 3 is 1.95 bits per heavy atom. The molecule has 0 radical (unpaired) electrons. The number of imide groups is 1. The predicted octanol–water partition coefficient (Wildman–Crippen LogP) is 5.66. The van der Waals surface area contributed by atoms with Gasteiger partial charge in [-0.05, 0) is 130 Å². The van der Waals surface area contributed by atoms with Crippen molar-refractivity contribution < 1.29 is 80.9 Å². The minimum atomic E-state index is -1.15. The number of carbonyl (C=O) groups excluding carboxylic acids is 12. The number of ether oxygens (including phenoxy) is 4. The van der Waals surface area contributed by atoms with E-state index in [4.69, 9.17) is 30.4 Å². The van der Waals surface area contributed by atoms with Crippen molar-refractivity contribution in [3.05, 3.63) is 65.5 Å². The monoisotopic (exact) mass is 1520 g/mol. The Balaban J connectivity index is 1.19. The molecule has 2 heterocycles. The van der Waals surface area contributed by atoms with Crippen molar-refractivity contribution in [2.24, 2.45) is 46.5 Å². The van der Waals surface area contributed by atoms with E-state index in [1.165, 1.54) is 55.1 Å². The highest BCUT2D eigenvalue weighted by molar-refractivity contribution is 8.00. The summed E-state index contributed by atoms with van der Waals surface area (Å²) in [6, 6.07) is 4.30. The molecule has 29 nitrogen and oxygen atoms in total. The van der Waals surface area contributed by atoms with Gasteiger partial charge in [0, 0.05) is 78.7 Å². The Bertz CT molecular complexity index is 3320. The number of thioether (sulfide) groups is 1. The summed E-state index contributed by atoms with van der Waals surface area (Å²) in [7, 11) is 9.81. The number of methoxy groups -OCH3 is 3. The maximum Gasteiger partial charge on any atom is 0.408 e. The zero-order chi connectivity index (χ0) is 79.7. The number of unbranched alkanes of at least 4 members (excludes halogenated alkanes) is 2. The Labute approximate surface area is 634 Å². The van der Waals surface area contributed by atoms with Gasteiger partial charge in [0.05, 0.1) is 66.1 Å². The smallest absolute Gasteiger partial charge is 0.408 e. The van der Waals surface area contributed by atoms with Gasteiger partial charge in [-0.15, -0.1) is 11.8 Å². The number of nitrogens with zero attached hydrogens (tertiary/aromatic N) is 4. The van der Waals surface area contributed by atoms with E-state index in [2.05, 4.69) is 37.2 Å². The van der Waals surface area contributed by atoms with Gasteiger partial charge in [0.15, 0.2) is 0 Å². The maximum atomic E-state index is 14.8. The molecule has 14 atom stereocenters. The largest absolute Gasteiger partial charge is 0.445 e. The molecule has 1 aliphatic carbocycles. The lowest BCUT2D eigenvalue weighted by atomic mass is 9.89. The number of nitrogens with one attached hydrogen (secondary N) is 7. The van der Waals surface area contributed by atoms with Gasteiger partial charge in [0.2, 0.25) is 59.1 Å². The summed E-state index contributed by atoms with van der Waals surface area (Å²) >= 11 is 1.40. The number of rotatable bonds is 45. The van der Waals surface area contributed by atoms with Crippen LogP contribution in [0.1, 0.15) is 170 Å². The van der Waals surface area contributed by atoms with Gasteiger partial charge in [0.25, 0.3) is 0 Å². The van der Waals surface area contributed by atoms with Gasteiger partial charge in [0.1, 0.15) is 30.5 Å². The van der Waals surface area contributed by atoms with E-state index in [1.54, 1.807) is 75.9 Å². The van der Waals surface area contributed by atoms with Crippen molar-refractivity contribution in [1.29, 1.82) is 0 Å². The van der Waals surface area contributed by atoms with E-state index in [0.29, 0.717) is 54.7 Å². The molecule has 0 bridgehead atoms. The van der Waals surface area contributed by atoms with Gasteiger partial charge in [-0.25, -0.2) is 14.0 Å². The summed E-state index contributed by atoms with van der Waals surface area (Å²) in [5.74, 6) is -5.65. The van der Waals surface area contributed by atoms with E-state index in [1.807, 2.05) is 60.5 Å². The second-order valence-corrected chi connectivity index (χ2v) is 31.4. The molecule has 13 amide bonds. The Hall–Kier alpha value is -8.00. The van der Waals surface area contributed by atoms with Gasteiger partial charge >= 0.3 is 12.1 Å². The van der Waals surface area contributed by atoms with Crippen molar-refractivity contribution in [3.63, 3.8) is 0 Å². The number of nitrogens with two attached hydrogens (primary N) is 2. The van der Waals surface area contributed by atoms with Gasteiger partial charge in [-0.2, -0.15) is 0 Å². The van der Waals surface area contributed by atoms with E-state index >= 15 is 0 Å². The zero-order valence-electron chi connectivity index (χ0n) is 65.4. The Kier molecular flexibility index (Phi) is 35.7. The van der Waals surface area contributed by atoms with Crippen molar-refractivity contribution in [1.82, 2.24) is 51.5 Å². The standard InChI is InChI=1S/C76H120FN13O16S/c1-17-46(8)66(88(13)73(100)63(44(4)5)85-71(98)65(45(6)7)87(11)12)56(104-15)37-60(93)90-40-53(103-14)36-55(90)67(105-16)47(9)68(95)81-48(10)64(50-26-28-51(77)29-27-50)86-75(102)106-41-49-24-30-52(31-25-49)82-69(96)54(22-21-34-80-74(79)101)83-70(97)62(43(2)3)84-59(92)23-19-18-20-35-89-61(94)38-57(72(89)99)107-42-76(32-33-76)39-58(78)91/h24-31,43-48,53-57,62-67H,17-23,32-42H2,1-16H3,(H2,78,91)(H,81,95)(H,82,96)(H,83,97)(H,84,92)(H,85,98)(H,86,102)(H3,79,80,101)/t46-,47+,48+,53+,54-,55-,56+,57?,62-,63-,64?,65-,66-,67+/m0/s1. The fraction of sp³-hybridized carbons (Fsp3) is 0.684. The lowest BCUT2D eigenvalue weighted by molar-refractivity contribution is -0.148. The van der Waals surface area contributed by atoms with E-state index in [0.717, 1.165) is 12.8 Å². The average Bonchev–Trinajstić information content (AvgIpc) is 1.68. The number of hydrogen-bond acceptors (Lipinski definition) is 18. The van der Waals surface area contributed by atoms with Crippen LogP contribution < -0.4 is 48.7 Å². The van der Waals surface area contributed by atoms with E-state index in [9.17, 15) is 61.9 Å². The number of alkyl carbamates (subject to hydrolysis) is 1. The lowest BCUT2D eigenvalue weighted by Crippen LogP contribution is -2.59. The molecule has 2 unspecified atom stereocenters. The van der Waals surface area contributed by atoms with Crippen molar-refractivity contribution in [2.75, 3.05) is 73.2 Å². The molecule has 3 aliphatic rings. The number of anilines is 1. The topological polar surface area (TPSA) is 391 Å². The van der Waals surface area contributed by atoms with Gasteiger partial charge in [-0.3, -0.25) is 57.7 Å². The zero-order valence-corrected chi connectivity index (χ0v) is 66.2. The van der Waals surface area contributed by atoms with E-state index < -0.39 is 125 Å². The highest BCUT2D eigenvalue weighted by Crippen LogP contribution is 2.52. The molecule has 1 saturated carbocycles. The fourth-order valence-electron chi connectivity index (χ4n) is 14.2. The molecule has 0 spiro atoms. The molecular weight excluding hydrogens is 1400 g/mol. The normalized spacial score (nSPS) is 19.3. The summed E-state index contributed by atoms with van der Waals surface area (Å²) in [6.07, 6.45) is 1.65. The first-order valence-corrected chi connectivity index (χ1v) is 38.4. The second-order valence-electron chi connectivity index (χ2n) is 30.2. The fourth-order valence-corrected chi connectivity index (χ4v) is 15.7. The van der Waals surface area contributed by atoms with Crippen LogP contribution in [0, 0.1) is 40.8 Å². The number of likely N-dealkylation sites (N-methyl/N-ethyl adjacent to an activating group) is 2. The first-order valence-electron chi connectivity index (χ1n) is 37.4. The number of likely N-dealkylation sites (tertiary alicyclic amines) is 2. The second kappa shape index (κ2) is 42.7. The first kappa shape index (κ1) is 89.6. The lowest BCUT2D eigenvalue weighted by Gasteiger charge is -2.41. The predicted molar refractivity (Wildman–Crippen MR) is 404 cm³/mol. The molecule has 11 N–H and O–H groups in total. The van der Waals surface area contributed by atoms with Crippen LogP contribution in [0.3, 0.4) is 0 Å². The van der Waals surface area contributed by atoms with Crippen molar-refractivity contribution >= 4 is 88.6 Å². The van der Waals surface area contributed by atoms with Gasteiger partial charge < -0.3 is 77.4 Å². The molecule has 2 aliphatic heterocycles. The molecule has 5 rings (SSSR count). The van der Waals surface area contributed by atoms with E-state index in [-0.39, 0.29) is 123 Å². The number of amides is 13. The third-order valence-electron chi connectivity index (χ3n) is 20.7. The summed E-state index contributed by atoms with van der Waals surface area (Å²) in [4.78, 5) is 168. The van der Waals surface area contributed by atoms with Crippen molar-refractivity contribution in [2.45, 2.75) is 231 Å². The molecule has 107 heavy (non-hydrogen) atoms. The third-order valence-corrected chi connectivity index (χ3v) is 22.3. The molecule has 2 aromatic rings. The molecule has 2 saturated heterocycles. The number of carbonyl (C=O) groups is 12. The Morgan fingerprint density at radius 1 is 0.738 bits per heavy atom. The first-order chi connectivity index (χ1) is 50.5. The minimum absolute atomic E-state index is 0.0285. The average molecular weight is 1520 g/mol. The van der Waals surface area contributed by atoms with Gasteiger partial charge in [-0.1, -0.05) is 99.4 Å². The van der Waals surface area contributed by atoms with Crippen LogP contribution in [0.25, 0.3) is 0 Å². The summed E-state index contributed by atoms with van der Waals surface area (Å²) in [6.45, 7) is 18.6. The summed E-state index contributed by atoms with van der Waals surface area (Å²) in [5, 5.41) is 19.2. The molecule has 31 heteroatoms. The molecule has 0 aromatic heterocycles. The number of hydrogen-bond donors (Lipinski definition) is 9. The van der Waals surface area contributed by atoms with Crippen LogP contribution in [-0.4, -0.2) is 225 Å². The van der Waals surface area contributed by atoms with Crippen LogP contribution in [0.15, 0.2) is 48.5 Å². The number of benzene rings is 2. The van der Waals surface area contributed by atoms with Crippen LogP contribution >= 0.6 is 11.8 Å². The quantitative estimate of drug-likeness (QED) is 0.0285. The highest BCUT2D eigenvalue weighted by atomic mass is 32.2. The van der Waals surface area contributed by atoms with Crippen LogP contribution in [0.5, 0.6) is 0 Å². The minimum Gasteiger partial charge on any atom is -0.445 e. The molecular formula is C76H120FN13O16S. The van der Waals surface area contributed by atoms with Crippen LogP contribution in [0.2, 0.25) is 0 Å². The summed E-state index contributed by atoms with van der Waals surface area (Å²) < 4.78 is 38.1. The van der Waals surface area contributed by atoms with Crippen LogP contribution in [0.4, 0.5) is 19.7 Å². The Morgan fingerprint density at radius 2 is 1.39 bits per heavy atom. The summed E-state index contributed by atoms with van der Waals surface area (Å²) in [5.41, 5.74) is 11.7. The number of primary amides is 2. The number of halogens is 1.